The van der Waals surface area contributed by atoms with E-state index in [1.54, 1.807) is 0 Å². The Kier molecular flexibility index (Phi) is 3.95. The Bertz CT molecular complexity index is 417. The molecule has 0 radical (unpaired) electrons. The topological polar surface area (TPSA) is 46.2 Å². The highest BCUT2D eigenvalue weighted by molar-refractivity contribution is 6.33. The van der Waals surface area contributed by atoms with Crippen LogP contribution in [0.25, 0.3) is 0 Å². The summed E-state index contributed by atoms with van der Waals surface area (Å²) < 4.78 is 0. The monoisotopic (exact) mass is 253 g/mol. The fourth-order valence-corrected chi connectivity index (χ4v) is 2.97. The van der Waals surface area contributed by atoms with Gasteiger partial charge < -0.3 is 10.8 Å². The number of benzene rings is 1. The number of aromatic hydroxyl groups is 1. The number of halogens is 1. The van der Waals surface area contributed by atoms with Gasteiger partial charge in [-0.3, -0.25) is 0 Å². The number of hydrogen-bond acceptors (Lipinski definition) is 2. The van der Waals surface area contributed by atoms with Crippen molar-refractivity contribution in [3.8, 4) is 5.75 Å². The maximum Gasteiger partial charge on any atom is 0.137 e. The zero-order valence-corrected chi connectivity index (χ0v) is 11.1. The van der Waals surface area contributed by atoms with Crippen LogP contribution in [0.5, 0.6) is 5.75 Å². The van der Waals surface area contributed by atoms with Crippen molar-refractivity contribution in [2.75, 3.05) is 6.54 Å². The van der Waals surface area contributed by atoms with E-state index in [1.165, 1.54) is 18.4 Å². The second-order valence-electron chi connectivity index (χ2n) is 4.95. The molecule has 3 heteroatoms. The number of rotatable bonds is 3. The van der Waals surface area contributed by atoms with E-state index in [4.69, 9.17) is 17.3 Å². The molecule has 0 heterocycles. The van der Waals surface area contributed by atoms with Gasteiger partial charge in [-0.25, -0.2) is 0 Å². The lowest BCUT2D eigenvalue weighted by molar-refractivity contribution is 0.459. The normalized spacial score (nSPS) is 16.6. The predicted molar refractivity (Wildman–Crippen MR) is 71.8 cm³/mol. The Morgan fingerprint density at radius 2 is 2.12 bits per heavy atom. The van der Waals surface area contributed by atoms with Crippen molar-refractivity contribution in [2.24, 2.45) is 5.73 Å². The highest BCUT2D eigenvalue weighted by atomic mass is 35.5. The Hall–Kier alpha value is -0.730. The molecule has 1 unspecified atom stereocenters. The first-order valence-corrected chi connectivity index (χ1v) is 6.76. The van der Waals surface area contributed by atoms with Gasteiger partial charge in [0.1, 0.15) is 5.75 Å². The predicted octanol–water partition coefficient (Wildman–Crippen LogP) is 3.38. The quantitative estimate of drug-likeness (QED) is 0.868. The van der Waals surface area contributed by atoms with Crippen LogP contribution in [-0.4, -0.2) is 11.7 Å². The summed E-state index contributed by atoms with van der Waals surface area (Å²) in [7, 11) is 0. The molecule has 0 saturated carbocycles. The maximum absolute atomic E-state index is 10.2. The Morgan fingerprint density at radius 1 is 1.41 bits per heavy atom. The van der Waals surface area contributed by atoms with Gasteiger partial charge in [0.05, 0.1) is 5.02 Å². The number of fused-ring (bicyclic) bond motifs is 1. The highest BCUT2D eigenvalue weighted by Gasteiger charge is 2.21. The molecule has 0 fully saturated rings. The van der Waals surface area contributed by atoms with Crippen LogP contribution in [0.15, 0.2) is 6.07 Å². The van der Waals surface area contributed by atoms with Crippen molar-refractivity contribution in [3.05, 3.63) is 27.8 Å². The zero-order chi connectivity index (χ0) is 12.4. The van der Waals surface area contributed by atoms with E-state index in [-0.39, 0.29) is 11.7 Å². The van der Waals surface area contributed by atoms with Gasteiger partial charge >= 0.3 is 0 Å². The van der Waals surface area contributed by atoms with E-state index < -0.39 is 0 Å². The van der Waals surface area contributed by atoms with Crippen LogP contribution in [0, 0.1) is 0 Å². The summed E-state index contributed by atoms with van der Waals surface area (Å²) in [5.74, 6) is 0.540. The molecule has 0 aliphatic heterocycles. The number of phenols is 1. The third kappa shape index (κ3) is 2.43. The van der Waals surface area contributed by atoms with Crippen LogP contribution < -0.4 is 5.73 Å². The van der Waals surface area contributed by atoms with Crippen molar-refractivity contribution in [2.45, 2.75) is 44.9 Å². The summed E-state index contributed by atoms with van der Waals surface area (Å²) in [6.07, 6.45) is 5.34. The van der Waals surface area contributed by atoms with Crippen molar-refractivity contribution < 1.29 is 5.11 Å². The summed E-state index contributed by atoms with van der Waals surface area (Å²) in [5.41, 5.74) is 9.01. The number of phenolic OH excluding ortho intramolecular Hbond substituents is 1. The van der Waals surface area contributed by atoms with E-state index in [9.17, 15) is 5.11 Å². The van der Waals surface area contributed by atoms with Crippen LogP contribution in [0.4, 0.5) is 0 Å². The molecule has 1 aromatic carbocycles. The van der Waals surface area contributed by atoms with Crippen molar-refractivity contribution in [1.29, 1.82) is 0 Å². The van der Waals surface area contributed by atoms with Gasteiger partial charge in [0, 0.05) is 0 Å². The lowest BCUT2D eigenvalue weighted by atomic mass is 9.86. The molecule has 94 valence electrons. The average molecular weight is 254 g/mol. The molecule has 0 aromatic heterocycles. The number of aryl methyl sites for hydroxylation is 1. The summed E-state index contributed by atoms with van der Waals surface area (Å²) in [4.78, 5) is 0. The molecule has 17 heavy (non-hydrogen) atoms. The van der Waals surface area contributed by atoms with Gasteiger partial charge in [-0.05, 0) is 61.3 Å². The van der Waals surface area contributed by atoms with E-state index in [1.807, 2.05) is 0 Å². The summed E-state index contributed by atoms with van der Waals surface area (Å²) >= 11 is 6.28. The fourth-order valence-electron chi connectivity index (χ4n) is 2.65. The Morgan fingerprint density at radius 3 is 2.82 bits per heavy atom. The number of hydrogen-bond donors (Lipinski definition) is 2. The Balaban J connectivity index is 2.43. The zero-order valence-electron chi connectivity index (χ0n) is 10.3. The van der Waals surface area contributed by atoms with Gasteiger partial charge in [0.15, 0.2) is 0 Å². The van der Waals surface area contributed by atoms with Crippen LogP contribution in [0.1, 0.15) is 48.8 Å². The molecule has 1 aromatic rings. The second-order valence-corrected chi connectivity index (χ2v) is 5.33. The van der Waals surface area contributed by atoms with Gasteiger partial charge in [0.2, 0.25) is 0 Å². The second kappa shape index (κ2) is 5.28. The molecule has 0 spiro atoms. The summed E-state index contributed by atoms with van der Waals surface area (Å²) in [6.45, 7) is 2.72. The molecule has 1 atom stereocenters. The molecule has 0 bridgehead atoms. The van der Waals surface area contributed by atoms with E-state index in [0.717, 1.165) is 30.4 Å². The fraction of sp³-hybridized carbons (Fsp3) is 0.571. The lowest BCUT2D eigenvalue weighted by Crippen LogP contribution is -2.09. The highest BCUT2D eigenvalue weighted by Crippen LogP contribution is 2.40. The van der Waals surface area contributed by atoms with Gasteiger partial charge in [-0.1, -0.05) is 24.6 Å². The van der Waals surface area contributed by atoms with Crippen molar-refractivity contribution >= 4 is 11.6 Å². The third-order valence-electron chi connectivity index (χ3n) is 3.72. The number of nitrogens with two attached hydrogens (primary N) is 1. The summed E-state index contributed by atoms with van der Waals surface area (Å²) in [6, 6.07) is 2.13. The smallest absolute Gasteiger partial charge is 0.137 e. The summed E-state index contributed by atoms with van der Waals surface area (Å²) in [5, 5.41) is 10.7. The first-order chi connectivity index (χ1) is 8.15. The molecule has 2 rings (SSSR count). The van der Waals surface area contributed by atoms with Crippen LogP contribution >= 0.6 is 11.6 Å². The van der Waals surface area contributed by atoms with Crippen molar-refractivity contribution in [3.63, 3.8) is 0 Å². The van der Waals surface area contributed by atoms with E-state index >= 15 is 0 Å². The molecule has 0 amide bonds. The molecular formula is C14H20ClNO. The van der Waals surface area contributed by atoms with Crippen LogP contribution in [-0.2, 0) is 12.8 Å². The minimum atomic E-state index is 0.268. The van der Waals surface area contributed by atoms with Crippen molar-refractivity contribution in [1.82, 2.24) is 0 Å². The molecular weight excluding hydrogens is 234 g/mol. The van der Waals surface area contributed by atoms with E-state index in [2.05, 4.69) is 13.0 Å². The Labute approximate surface area is 108 Å². The van der Waals surface area contributed by atoms with Gasteiger partial charge in [-0.15, -0.1) is 0 Å². The van der Waals surface area contributed by atoms with Gasteiger partial charge in [-0.2, -0.15) is 0 Å². The molecule has 2 nitrogen and oxygen atoms in total. The SMILES string of the molecule is CC(CCN)c1cc2c(c(Cl)c1O)CCCC2. The third-order valence-corrected chi connectivity index (χ3v) is 4.12. The largest absolute Gasteiger partial charge is 0.506 e. The lowest BCUT2D eigenvalue weighted by Gasteiger charge is -2.22. The first kappa shape index (κ1) is 12.7. The van der Waals surface area contributed by atoms with E-state index in [0.29, 0.717) is 11.6 Å². The maximum atomic E-state index is 10.2. The minimum Gasteiger partial charge on any atom is -0.506 e. The molecule has 1 aliphatic rings. The standard InChI is InChI=1S/C14H20ClNO/c1-9(6-7-16)12-8-10-4-2-3-5-11(10)13(15)14(12)17/h8-9,17H,2-7,16H2,1H3. The molecule has 0 saturated heterocycles. The van der Waals surface area contributed by atoms with Gasteiger partial charge in [0.25, 0.3) is 0 Å². The first-order valence-electron chi connectivity index (χ1n) is 6.38. The minimum absolute atomic E-state index is 0.268. The van der Waals surface area contributed by atoms with Crippen LogP contribution in [0.2, 0.25) is 5.02 Å². The molecule has 3 N–H and O–H groups in total. The average Bonchev–Trinajstić information content (AvgIpc) is 2.34. The molecule has 1 aliphatic carbocycles. The van der Waals surface area contributed by atoms with Crippen LogP contribution in [0.3, 0.4) is 0 Å².